The molecule has 2 N–H and O–H groups in total. The summed E-state index contributed by atoms with van der Waals surface area (Å²) in [5, 5.41) is 1.65. The van der Waals surface area contributed by atoms with E-state index in [1.165, 1.54) is 0 Å². The molecule has 1 unspecified atom stereocenters. The van der Waals surface area contributed by atoms with Crippen LogP contribution >= 0.6 is 23.4 Å². The van der Waals surface area contributed by atoms with Crippen molar-refractivity contribution in [2.45, 2.75) is 24.9 Å². The van der Waals surface area contributed by atoms with Crippen molar-refractivity contribution < 1.29 is 0 Å². The van der Waals surface area contributed by atoms with Crippen LogP contribution in [0.5, 0.6) is 0 Å². The van der Waals surface area contributed by atoms with Gasteiger partial charge in [-0.25, -0.2) is 4.98 Å². The third-order valence-corrected chi connectivity index (χ3v) is 3.29. The van der Waals surface area contributed by atoms with Crippen molar-refractivity contribution in [1.29, 1.82) is 0 Å². The molecule has 0 bridgehead atoms. The van der Waals surface area contributed by atoms with Crippen molar-refractivity contribution in [3.8, 4) is 0 Å². The zero-order chi connectivity index (χ0) is 10.6. The first-order valence-electron chi connectivity index (χ1n) is 4.59. The molecule has 0 fully saturated rings. The zero-order valence-corrected chi connectivity index (χ0v) is 9.98. The van der Waals surface area contributed by atoms with Crippen molar-refractivity contribution in [3.05, 3.63) is 23.4 Å². The number of aromatic nitrogens is 1. The van der Waals surface area contributed by atoms with Crippen molar-refractivity contribution >= 4 is 23.4 Å². The summed E-state index contributed by atoms with van der Waals surface area (Å²) in [5.41, 5.74) is 5.92. The smallest absolute Gasteiger partial charge is 0.0961 e. The molecule has 0 aliphatic carbocycles. The number of rotatable bonds is 4. The zero-order valence-electron chi connectivity index (χ0n) is 8.40. The molecule has 1 aromatic heterocycles. The van der Waals surface area contributed by atoms with Crippen molar-refractivity contribution in [1.82, 2.24) is 4.98 Å². The largest absolute Gasteiger partial charge is 0.327 e. The van der Waals surface area contributed by atoms with Gasteiger partial charge in [-0.05, 0) is 18.1 Å². The minimum atomic E-state index is 0.220. The van der Waals surface area contributed by atoms with Gasteiger partial charge in [0.15, 0.2) is 0 Å². The lowest BCUT2D eigenvalue weighted by Crippen LogP contribution is -2.28. The SMILES string of the molecule is CC(C)C(N)CSc1ccc(Cl)cn1. The molecule has 1 atom stereocenters. The predicted octanol–water partition coefficient (Wildman–Crippen LogP) is 2.81. The summed E-state index contributed by atoms with van der Waals surface area (Å²) in [6.45, 7) is 4.25. The van der Waals surface area contributed by atoms with Crippen LogP contribution in [0.4, 0.5) is 0 Å². The van der Waals surface area contributed by atoms with E-state index in [0.29, 0.717) is 10.9 Å². The van der Waals surface area contributed by atoms with Gasteiger partial charge in [-0.3, -0.25) is 0 Å². The molecule has 1 heterocycles. The lowest BCUT2D eigenvalue weighted by Gasteiger charge is -2.14. The first kappa shape index (κ1) is 11.8. The molecule has 0 spiro atoms. The molecule has 0 aliphatic rings. The molecule has 1 aromatic rings. The van der Waals surface area contributed by atoms with Gasteiger partial charge >= 0.3 is 0 Å². The first-order chi connectivity index (χ1) is 6.59. The summed E-state index contributed by atoms with van der Waals surface area (Å²) in [5.74, 6) is 1.40. The Labute approximate surface area is 94.2 Å². The number of nitrogens with zero attached hydrogens (tertiary/aromatic N) is 1. The van der Waals surface area contributed by atoms with Gasteiger partial charge in [0.1, 0.15) is 0 Å². The fourth-order valence-corrected chi connectivity index (χ4v) is 1.97. The number of hydrogen-bond donors (Lipinski definition) is 1. The summed E-state index contributed by atoms with van der Waals surface area (Å²) in [4.78, 5) is 4.19. The van der Waals surface area contributed by atoms with E-state index in [0.717, 1.165) is 10.8 Å². The summed E-state index contributed by atoms with van der Waals surface area (Å²) in [6.07, 6.45) is 1.66. The summed E-state index contributed by atoms with van der Waals surface area (Å²) < 4.78 is 0. The van der Waals surface area contributed by atoms with Crippen LogP contribution in [0.15, 0.2) is 23.4 Å². The Kier molecular flexibility index (Phi) is 4.72. The number of hydrogen-bond acceptors (Lipinski definition) is 3. The second kappa shape index (κ2) is 5.59. The highest BCUT2D eigenvalue weighted by atomic mass is 35.5. The van der Waals surface area contributed by atoms with Gasteiger partial charge in [0.05, 0.1) is 10.0 Å². The van der Waals surface area contributed by atoms with E-state index in [-0.39, 0.29) is 6.04 Å². The van der Waals surface area contributed by atoms with Gasteiger partial charge < -0.3 is 5.73 Å². The molecule has 78 valence electrons. The number of nitrogens with two attached hydrogens (primary N) is 1. The average molecular weight is 231 g/mol. The van der Waals surface area contributed by atoms with Crippen molar-refractivity contribution in [3.63, 3.8) is 0 Å². The van der Waals surface area contributed by atoms with Crippen molar-refractivity contribution in [2.75, 3.05) is 5.75 Å². The van der Waals surface area contributed by atoms with Crippen molar-refractivity contribution in [2.24, 2.45) is 11.7 Å². The van der Waals surface area contributed by atoms with E-state index >= 15 is 0 Å². The first-order valence-corrected chi connectivity index (χ1v) is 5.96. The Morgan fingerprint density at radius 1 is 1.50 bits per heavy atom. The van der Waals surface area contributed by atoms with Crippen LogP contribution in [-0.4, -0.2) is 16.8 Å². The summed E-state index contributed by atoms with van der Waals surface area (Å²) in [6, 6.07) is 3.98. The number of pyridine rings is 1. The van der Waals surface area contributed by atoms with Gasteiger partial charge in [-0.1, -0.05) is 25.4 Å². The number of thioether (sulfide) groups is 1. The topological polar surface area (TPSA) is 38.9 Å². The third-order valence-electron chi connectivity index (χ3n) is 1.98. The highest BCUT2D eigenvalue weighted by molar-refractivity contribution is 7.99. The van der Waals surface area contributed by atoms with Gasteiger partial charge in [0.25, 0.3) is 0 Å². The molecule has 0 saturated carbocycles. The van der Waals surface area contributed by atoms with Gasteiger partial charge in [0, 0.05) is 18.0 Å². The Bertz CT molecular complexity index is 274. The Morgan fingerprint density at radius 2 is 2.21 bits per heavy atom. The van der Waals surface area contributed by atoms with Gasteiger partial charge in [-0.15, -0.1) is 11.8 Å². The van der Waals surface area contributed by atoms with Crippen LogP contribution in [0.2, 0.25) is 5.02 Å². The second-order valence-electron chi connectivity index (χ2n) is 3.53. The minimum absolute atomic E-state index is 0.220. The van der Waals surface area contributed by atoms with E-state index in [1.807, 2.05) is 12.1 Å². The highest BCUT2D eigenvalue weighted by Crippen LogP contribution is 2.19. The maximum atomic E-state index is 5.92. The van der Waals surface area contributed by atoms with Gasteiger partial charge in [-0.2, -0.15) is 0 Å². The third kappa shape index (κ3) is 3.86. The normalized spacial score (nSPS) is 13.2. The number of halogens is 1. The molecular formula is C10H15ClN2S. The molecule has 0 aliphatic heterocycles. The summed E-state index contributed by atoms with van der Waals surface area (Å²) in [7, 11) is 0. The molecule has 4 heteroatoms. The van der Waals surface area contributed by atoms with Crippen LogP contribution < -0.4 is 5.73 Å². The molecule has 2 nitrogen and oxygen atoms in total. The van der Waals surface area contributed by atoms with E-state index in [4.69, 9.17) is 17.3 Å². The standard InChI is InChI=1S/C10H15ClN2S/c1-7(2)9(12)6-14-10-4-3-8(11)5-13-10/h3-5,7,9H,6,12H2,1-2H3. The maximum Gasteiger partial charge on any atom is 0.0961 e. The van der Waals surface area contributed by atoms with E-state index < -0.39 is 0 Å². The Balaban J connectivity index is 2.42. The fraction of sp³-hybridized carbons (Fsp3) is 0.500. The maximum absolute atomic E-state index is 5.92. The molecule has 0 aromatic carbocycles. The van der Waals surface area contributed by atoms with Crippen LogP contribution in [0.25, 0.3) is 0 Å². The van der Waals surface area contributed by atoms with Crippen LogP contribution in [-0.2, 0) is 0 Å². The van der Waals surface area contributed by atoms with E-state index in [9.17, 15) is 0 Å². The molecule has 14 heavy (non-hydrogen) atoms. The van der Waals surface area contributed by atoms with Gasteiger partial charge in [0.2, 0.25) is 0 Å². The lowest BCUT2D eigenvalue weighted by molar-refractivity contribution is 0.535. The molecule has 0 radical (unpaired) electrons. The highest BCUT2D eigenvalue weighted by Gasteiger charge is 2.08. The Morgan fingerprint density at radius 3 is 2.71 bits per heavy atom. The molecule has 0 saturated heterocycles. The second-order valence-corrected chi connectivity index (χ2v) is 5.01. The monoisotopic (exact) mass is 230 g/mol. The van der Waals surface area contributed by atoms with E-state index in [1.54, 1.807) is 18.0 Å². The van der Waals surface area contributed by atoms with Crippen LogP contribution in [0, 0.1) is 5.92 Å². The van der Waals surface area contributed by atoms with Crippen LogP contribution in [0.1, 0.15) is 13.8 Å². The lowest BCUT2D eigenvalue weighted by atomic mass is 10.1. The van der Waals surface area contributed by atoms with Crippen LogP contribution in [0.3, 0.4) is 0 Å². The predicted molar refractivity (Wildman–Crippen MR) is 62.8 cm³/mol. The minimum Gasteiger partial charge on any atom is -0.327 e. The summed E-state index contributed by atoms with van der Waals surface area (Å²) >= 11 is 7.40. The quantitative estimate of drug-likeness (QED) is 0.809. The molecule has 1 rings (SSSR count). The average Bonchev–Trinajstić information content (AvgIpc) is 2.16. The molecule has 0 amide bonds. The molecular weight excluding hydrogens is 216 g/mol. The fourth-order valence-electron chi connectivity index (χ4n) is 0.822. The Hall–Kier alpha value is -0.250. The van der Waals surface area contributed by atoms with E-state index in [2.05, 4.69) is 18.8 Å².